The molecule has 16 heavy (non-hydrogen) atoms. The Bertz CT molecular complexity index is 425. The third-order valence-corrected chi connectivity index (χ3v) is 3.59. The second-order valence-electron chi connectivity index (χ2n) is 3.72. The van der Waals surface area contributed by atoms with Crippen LogP contribution < -0.4 is 5.73 Å². The summed E-state index contributed by atoms with van der Waals surface area (Å²) in [5, 5.41) is 0. The molecule has 1 atom stereocenters. The number of hydrogen-bond acceptors (Lipinski definition) is 4. The molecule has 0 saturated carbocycles. The van der Waals surface area contributed by atoms with Gasteiger partial charge < -0.3 is 5.73 Å². The molecule has 1 rings (SSSR count). The van der Waals surface area contributed by atoms with Crippen molar-refractivity contribution in [3.8, 4) is 0 Å². The second-order valence-corrected chi connectivity index (χ2v) is 5.29. The summed E-state index contributed by atoms with van der Waals surface area (Å²) < 4.78 is 28.6. The van der Waals surface area contributed by atoms with E-state index in [2.05, 4.69) is 0 Å². The lowest BCUT2D eigenvalue weighted by Gasteiger charge is -2.11. The van der Waals surface area contributed by atoms with Crippen LogP contribution in [0.5, 0.6) is 0 Å². The van der Waals surface area contributed by atoms with Gasteiger partial charge in [-0.05, 0) is 37.6 Å². The summed E-state index contributed by atoms with van der Waals surface area (Å²) in [7, 11) is -3.65. The molecular formula is C11H17NO3S. The zero-order chi connectivity index (χ0) is 12.2. The summed E-state index contributed by atoms with van der Waals surface area (Å²) in [6.07, 6.45) is 1.31. The van der Waals surface area contributed by atoms with E-state index in [4.69, 9.17) is 9.92 Å². The normalized spacial score (nSPS) is 13.6. The molecule has 0 aliphatic heterocycles. The molecule has 5 heteroatoms. The monoisotopic (exact) mass is 243 g/mol. The Morgan fingerprint density at radius 2 is 1.88 bits per heavy atom. The van der Waals surface area contributed by atoms with Gasteiger partial charge in [0.1, 0.15) is 0 Å². The van der Waals surface area contributed by atoms with Gasteiger partial charge >= 0.3 is 0 Å². The minimum atomic E-state index is -3.65. The summed E-state index contributed by atoms with van der Waals surface area (Å²) in [6, 6.07) is 5.98. The fourth-order valence-electron chi connectivity index (χ4n) is 1.36. The van der Waals surface area contributed by atoms with Crippen molar-refractivity contribution in [3.63, 3.8) is 0 Å². The standard InChI is InChI=1S/C11H17NO3S/c1-3-4-9(2)15-16(13,14)11-7-5-10(12)6-8-11/h5-9H,3-4,12H2,1-2H3/t9-/m1/s1. The van der Waals surface area contributed by atoms with Gasteiger partial charge in [-0.2, -0.15) is 8.42 Å². The van der Waals surface area contributed by atoms with Crippen molar-refractivity contribution in [2.75, 3.05) is 5.73 Å². The van der Waals surface area contributed by atoms with Crippen molar-refractivity contribution in [2.45, 2.75) is 37.7 Å². The number of nitrogen functional groups attached to an aromatic ring is 1. The SMILES string of the molecule is CCC[C@@H](C)OS(=O)(=O)c1ccc(N)cc1. The van der Waals surface area contributed by atoms with Crippen molar-refractivity contribution >= 4 is 15.8 Å². The molecule has 2 N–H and O–H groups in total. The minimum absolute atomic E-state index is 0.143. The van der Waals surface area contributed by atoms with Crippen molar-refractivity contribution < 1.29 is 12.6 Å². The molecule has 1 aromatic rings. The van der Waals surface area contributed by atoms with Gasteiger partial charge in [0.05, 0.1) is 11.0 Å². The first kappa shape index (κ1) is 13.0. The number of anilines is 1. The molecule has 0 aliphatic rings. The zero-order valence-electron chi connectivity index (χ0n) is 9.51. The van der Waals surface area contributed by atoms with Crippen LogP contribution in [0.3, 0.4) is 0 Å². The molecule has 0 saturated heterocycles. The molecule has 0 heterocycles. The highest BCUT2D eigenvalue weighted by Crippen LogP contribution is 2.17. The lowest BCUT2D eigenvalue weighted by molar-refractivity contribution is 0.217. The van der Waals surface area contributed by atoms with Gasteiger partial charge in [-0.1, -0.05) is 13.3 Å². The van der Waals surface area contributed by atoms with Gasteiger partial charge in [-0.3, -0.25) is 4.18 Å². The number of rotatable bonds is 5. The van der Waals surface area contributed by atoms with Crippen LogP contribution in [0.15, 0.2) is 29.2 Å². The van der Waals surface area contributed by atoms with Crippen molar-refractivity contribution in [3.05, 3.63) is 24.3 Å². The summed E-state index contributed by atoms with van der Waals surface area (Å²) >= 11 is 0. The summed E-state index contributed by atoms with van der Waals surface area (Å²) in [5.41, 5.74) is 6.01. The maximum Gasteiger partial charge on any atom is 0.297 e. The Balaban J connectivity index is 2.82. The molecule has 0 aliphatic carbocycles. The fraction of sp³-hybridized carbons (Fsp3) is 0.455. The van der Waals surface area contributed by atoms with Crippen molar-refractivity contribution in [2.24, 2.45) is 0 Å². The van der Waals surface area contributed by atoms with Crippen LogP contribution in [-0.2, 0) is 14.3 Å². The molecule has 0 fully saturated rings. The van der Waals surface area contributed by atoms with Crippen LogP contribution in [0.2, 0.25) is 0 Å². The molecule has 0 radical (unpaired) electrons. The smallest absolute Gasteiger partial charge is 0.297 e. The quantitative estimate of drug-likeness (QED) is 0.635. The van der Waals surface area contributed by atoms with E-state index in [1.807, 2.05) is 6.92 Å². The number of benzene rings is 1. The van der Waals surface area contributed by atoms with Gasteiger partial charge in [-0.25, -0.2) is 0 Å². The van der Waals surface area contributed by atoms with Crippen LogP contribution in [0.25, 0.3) is 0 Å². The second kappa shape index (κ2) is 5.32. The van der Waals surface area contributed by atoms with E-state index in [1.165, 1.54) is 12.1 Å². The zero-order valence-corrected chi connectivity index (χ0v) is 10.3. The van der Waals surface area contributed by atoms with Gasteiger partial charge in [0.2, 0.25) is 0 Å². The number of nitrogens with two attached hydrogens (primary N) is 1. The molecule has 1 aromatic carbocycles. The lowest BCUT2D eigenvalue weighted by atomic mass is 10.2. The summed E-state index contributed by atoms with van der Waals surface area (Å²) in [4.78, 5) is 0.143. The Hall–Kier alpha value is -1.07. The summed E-state index contributed by atoms with van der Waals surface area (Å²) in [5.74, 6) is 0. The van der Waals surface area contributed by atoms with Crippen LogP contribution in [0, 0.1) is 0 Å². The van der Waals surface area contributed by atoms with Crippen LogP contribution in [-0.4, -0.2) is 14.5 Å². The largest absolute Gasteiger partial charge is 0.399 e. The third-order valence-electron chi connectivity index (χ3n) is 2.15. The molecule has 0 unspecified atom stereocenters. The van der Waals surface area contributed by atoms with E-state index < -0.39 is 10.1 Å². The Kier molecular flexibility index (Phi) is 4.32. The topological polar surface area (TPSA) is 69.4 Å². The molecule has 0 aromatic heterocycles. The first-order chi connectivity index (χ1) is 7.45. The highest BCUT2D eigenvalue weighted by Gasteiger charge is 2.18. The van der Waals surface area contributed by atoms with Crippen LogP contribution >= 0.6 is 0 Å². The Morgan fingerprint density at radius 1 is 1.31 bits per heavy atom. The van der Waals surface area contributed by atoms with Gasteiger partial charge in [0.25, 0.3) is 10.1 Å². The Labute approximate surface area is 96.5 Å². The number of hydrogen-bond donors (Lipinski definition) is 1. The van der Waals surface area contributed by atoms with E-state index in [0.717, 1.165) is 6.42 Å². The molecule has 0 spiro atoms. The summed E-state index contributed by atoms with van der Waals surface area (Å²) in [6.45, 7) is 3.73. The van der Waals surface area contributed by atoms with E-state index in [9.17, 15) is 8.42 Å². The minimum Gasteiger partial charge on any atom is -0.399 e. The van der Waals surface area contributed by atoms with E-state index in [1.54, 1.807) is 19.1 Å². The predicted octanol–water partition coefficient (Wildman–Crippen LogP) is 2.16. The lowest BCUT2D eigenvalue weighted by Crippen LogP contribution is -2.15. The molecule has 0 bridgehead atoms. The Morgan fingerprint density at radius 3 is 2.38 bits per heavy atom. The van der Waals surface area contributed by atoms with E-state index in [0.29, 0.717) is 12.1 Å². The fourth-order valence-corrected chi connectivity index (χ4v) is 2.47. The van der Waals surface area contributed by atoms with Gasteiger partial charge in [0.15, 0.2) is 0 Å². The maximum absolute atomic E-state index is 11.8. The molecular weight excluding hydrogens is 226 g/mol. The molecule has 0 amide bonds. The first-order valence-corrected chi connectivity index (χ1v) is 6.65. The first-order valence-electron chi connectivity index (χ1n) is 5.24. The predicted molar refractivity (Wildman–Crippen MR) is 63.5 cm³/mol. The molecule has 90 valence electrons. The third kappa shape index (κ3) is 3.50. The highest BCUT2D eigenvalue weighted by molar-refractivity contribution is 7.86. The molecule has 4 nitrogen and oxygen atoms in total. The van der Waals surface area contributed by atoms with Crippen LogP contribution in [0.4, 0.5) is 5.69 Å². The highest BCUT2D eigenvalue weighted by atomic mass is 32.2. The van der Waals surface area contributed by atoms with Crippen molar-refractivity contribution in [1.29, 1.82) is 0 Å². The van der Waals surface area contributed by atoms with Crippen molar-refractivity contribution in [1.82, 2.24) is 0 Å². The average molecular weight is 243 g/mol. The average Bonchev–Trinajstić information content (AvgIpc) is 2.17. The van der Waals surface area contributed by atoms with Gasteiger partial charge in [0, 0.05) is 5.69 Å². The van der Waals surface area contributed by atoms with Crippen LogP contribution in [0.1, 0.15) is 26.7 Å². The van der Waals surface area contributed by atoms with Gasteiger partial charge in [-0.15, -0.1) is 0 Å². The maximum atomic E-state index is 11.8. The van der Waals surface area contributed by atoms with E-state index >= 15 is 0 Å². The van der Waals surface area contributed by atoms with E-state index in [-0.39, 0.29) is 11.0 Å².